The number of benzene rings is 2. The maximum absolute atomic E-state index is 14.6. The van der Waals surface area contributed by atoms with Crippen molar-refractivity contribution in [2.24, 2.45) is 5.41 Å². The second-order valence-electron chi connectivity index (χ2n) is 10.00. The largest absolute Gasteiger partial charge is 0.430 e. The molecule has 0 aliphatic carbocycles. The monoisotopic (exact) mass is 506 g/mol. The van der Waals surface area contributed by atoms with Crippen molar-refractivity contribution in [1.29, 1.82) is 0 Å². The number of carbonyl (C=O) groups excluding carboxylic acids is 2. The fourth-order valence-corrected chi connectivity index (χ4v) is 5.91. The third-order valence-corrected chi connectivity index (χ3v) is 7.71. The number of nitrogens with zero attached hydrogens (tertiary/aromatic N) is 1. The Balaban J connectivity index is 1.64. The summed E-state index contributed by atoms with van der Waals surface area (Å²) in [5, 5.41) is 2.85. The molecule has 194 valence electrons. The van der Waals surface area contributed by atoms with Gasteiger partial charge in [0.05, 0.1) is 0 Å². The van der Waals surface area contributed by atoms with Gasteiger partial charge in [0, 0.05) is 44.6 Å². The summed E-state index contributed by atoms with van der Waals surface area (Å²) in [7, 11) is 0.907. The van der Waals surface area contributed by atoms with Gasteiger partial charge >= 0.3 is 6.18 Å². The Morgan fingerprint density at radius 2 is 1.64 bits per heavy atom. The van der Waals surface area contributed by atoms with E-state index in [1.54, 1.807) is 32.0 Å². The van der Waals surface area contributed by atoms with Crippen LogP contribution in [-0.4, -0.2) is 49.6 Å². The third kappa shape index (κ3) is 4.49. The summed E-state index contributed by atoms with van der Waals surface area (Å²) < 4.78 is 62.3. The van der Waals surface area contributed by atoms with Crippen LogP contribution in [0.25, 0.3) is 0 Å². The molecule has 2 aliphatic rings. The summed E-state index contributed by atoms with van der Waals surface area (Å²) in [4.78, 5) is 27.2. The van der Waals surface area contributed by atoms with Crippen LogP contribution in [0.1, 0.15) is 47.4 Å². The van der Waals surface area contributed by atoms with Crippen molar-refractivity contribution in [2.75, 3.05) is 26.7 Å². The first-order valence-electron chi connectivity index (χ1n) is 11.9. The minimum absolute atomic E-state index is 0.0514. The van der Waals surface area contributed by atoms with Gasteiger partial charge in [-0.3, -0.25) is 9.59 Å². The van der Waals surface area contributed by atoms with E-state index in [4.69, 9.17) is 4.74 Å². The van der Waals surface area contributed by atoms with Crippen LogP contribution in [0, 0.1) is 25.1 Å². The molecule has 4 rings (SSSR count). The number of hydrogen-bond acceptors (Lipinski definition) is 3. The Morgan fingerprint density at radius 3 is 2.17 bits per heavy atom. The van der Waals surface area contributed by atoms with E-state index >= 15 is 0 Å². The molecule has 2 aromatic carbocycles. The summed E-state index contributed by atoms with van der Waals surface area (Å²) in [6.45, 7) is 3.80. The van der Waals surface area contributed by atoms with E-state index in [0.717, 1.165) is 12.7 Å². The lowest BCUT2D eigenvalue weighted by atomic mass is 9.62. The van der Waals surface area contributed by atoms with Gasteiger partial charge in [-0.1, -0.05) is 41.5 Å². The number of rotatable bonds is 4. The van der Waals surface area contributed by atoms with Gasteiger partial charge < -0.3 is 15.0 Å². The molecule has 1 N–H and O–H groups in total. The van der Waals surface area contributed by atoms with Gasteiger partial charge in [-0.2, -0.15) is 13.2 Å². The minimum atomic E-state index is -4.99. The van der Waals surface area contributed by atoms with Crippen LogP contribution in [0.5, 0.6) is 0 Å². The van der Waals surface area contributed by atoms with Gasteiger partial charge in [-0.05, 0) is 49.8 Å². The molecule has 2 heterocycles. The van der Waals surface area contributed by atoms with Crippen molar-refractivity contribution in [1.82, 2.24) is 10.2 Å². The van der Waals surface area contributed by atoms with Crippen molar-refractivity contribution in [3.63, 3.8) is 0 Å². The lowest BCUT2D eigenvalue weighted by Crippen LogP contribution is -2.60. The van der Waals surface area contributed by atoms with Gasteiger partial charge in [-0.25, -0.2) is 4.39 Å². The smallest absolute Gasteiger partial charge is 0.356 e. The average Bonchev–Trinajstić information content (AvgIpc) is 2.80. The van der Waals surface area contributed by atoms with Crippen LogP contribution in [-0.2, 0) is 19.9 Å². The van der Waals surface area contributed by atoms with E-state index in [9.17, 15) is 27.2 Å². The Kier molecular flexibility index (Phi) is 6.90. The number of nitrogens with one attached hydrogen (secondary N) is 1. The molecule has 1 spiro atoms. The fourth-order valence-electron chi connectivity index (χ4n) is 5.91. The van der Waals surface area contributed by atoms with Crippen LogP contribution in [0.3, 0.4) is 0 Å². The molecule has 0 bridgehead atoms. The van der Waals surface area contributed by atoms with E-state index in [-0.39, 0.29) is 42.7 Å². The molecular weight excluding hydrogens is 476 g/mol. The third-order valence-electron chi connectivity index (χ3n) is 7.71. The molecule has 2 atom stereocenters. The Bertz CT molecular complexity index is 1120. The lowest BCUT2D eigenvalue weighted by molar-refractivity contribution is -0.271. The van der Waals surface area contributed by atoms with Crippen LogP contribution in [0.15, 0.2) is 42.5 Å². The first kappa shape index (κ1) is 26.1. The highest BCUT2D eigenvalue weighted by atomic mass is 19.4. The van der Waals surface area contributed by atoms with Crippen molar-refractivity contribution in [3.8, 4) is 0 Å². The van der Waals surface area contributed by atoms with Crippen molar-refractivity contribution < 1.29 is 31.9 Å². The number of halogens is 4. The predicted octanol–water partition coefficient (Wildman–Crippen LogP) is 4.76. The van der Waals surface area contributed by atoms with Gasteiger partial charge in [0.15, 0.2) is 0 Å². The molecule has 36 heavy (non-hydrogen) atoms. The summed E-state index contributed by atoms with van der Waals surface area (Å²) in [6.07, 6.45) is -4.10. The highest BCUT2D eigenvalue weighted by Gasteiger charge is 2.64. The molecule has 2 amide bonds. The number of ether oxygens (including phenoxy) is 1. The van der Waals surface area contributed by atoms with E-state index in [1.165, 1.54) is 29.2 Å². The Morgan fingerprint density at radius 1 is 1.06 bits per heavy atom. The zero-order chi connectivity index (χ0) is 26.3. The molecule has 2 saturated heterocycles. The molecular formula is C27H30F4N2O3. The summed E-state index contributed by atoms with van der Waals surface area (Å²) in [5.74, 6) is -1.80. The number of piperidine rings is 2. The highest BCUT2D eigenvalue weighted by molar-refractivity contribution is 5.88. The lowest BCUT2D eigenvalue weighted by Gasteiger charge is -2.50. The molecule has 9 heteroatoms. The fraction of sp³-hybridized carbons (Fsp3) is 0.481. The van der Waals surface area contributed by atoms with Crippen LogP contribution < -0.4 is 5.32 Å². The van der Waals surface area contributed by atoms with E-state index in [1.807, 2.05) is 0 Å². The van der Waals surface area contributed by atoms with Crippen LogP contribution in [0.4, 0.5) is 17.6 Å². The number of hydrogen-bond donors (Lipinski definition) is 1. The van der Waals surface area contributed by atoms with E-state index in [0.29, 0.717) is 30.5 Å². The van der Waals surface area contributed by atoms with Crippen molar-refractivity contribution >= 4 is 11.8 Å². The molecule has 0 saturated carbocycles. The number of carbonyl (C=O) groups is 2. The maximum Gasteiger partial charge on any atom is 0.430 e. The normalized spacial score (nSPS) is 21.7. The van der Waals surface area contributed by atoms with Crippen molar-refractivity contribution in [2.45, 2.75) is 50.8 Å². The molecule has 0 radical (unpaired) electrons. The standard InChI is InChI=1S/C27H30F4N2O3/c1-17-12-18(2)14-20(13-17)26(36-3,27(29,30)31)24(35)33-10-8-25(9-11-33)15-23(34)32-16-22(25)19-4-6-21(28)7-5-19/h4-7,12-14,22H,8-11,15-16H2,1-3H3,(H,32,34)/t22-,26-/m0/s1. The predicted molar refractivity (Wildman–Crippen MR) is 126 cm³/mol. The van der Waals surface area contributed by atoms with Gasteiger partial charge in [0.2, 0.25) is 5.91 Å². The van der Waals surface area contributed by atoms with Crippen LogP contribution in [0.2, 0.25) is 0 Å². The number of aryl methyl sites for hydroxylation is 2. The summed E-state index contributed by atoms with van der Waals surface area (Å²) in [6, 6.07) is 10.5. The molecule has 2 aliphatic heterocycles. The van der Waals surface area contributed by atoms with Gasteiger partial charge in [0.1, 0.15) is 5.82 Å². The molecule has 2 fully saturated rings. The van der Waals surface area contributed by atoms with Gasteiger partial charge in [-0.15, -0.1) is 0 Å². The second kappa shape index (κ2) is 9.50. The SMILES string of the molecule is CO[C@](C(=O)N1CCC2(CC1)CC(=O)NC[C@H]2c1ccc(F)cc1)(c1cc(C)cc(C)c1)C(F)(F)F. The Hall–Kier alpha value is -2.94. The second-order valence-corrected chi connectivity index (χ2v) is 10.00. The highest BCUT2D eigenvalue weighted by Crippen LogP contribution is 2.50. The van der Waals surface area contributed by atoms with E-state index < -0.39 is 23.1 Å². The first-order chi connectivity index (χ1) is 16.9. The first-order valence-corrected chi connectivity index (χ1v) is 11.9. The molecule has 5 nitrogen and oxygen atoms in total. The average molecular weight is 507 g/mol. The summed E-state index contributed by atoms with van der Waals surface area (Å²) in [5.41, 5.74) is -1.87. The minimum Gasteiger partial charge on any atom is -0.356 e. The zero-order valence-electron chi connectivity index (χ0n) is 20.5. The van der Waals surface area contributed by atoms with E-state index in [2.05, 4.69) is 5.32 Å². The van der Waals surface area contributed by atoms with Gasteiger partial charge in [0.25, 0.3) is 11.5 Å². The number of methoxy groups -OCH3 is 1. The topological polar surface area (TPSA) is 58.6 Å². The maximum atomic E-state index is 14.6. The summed E-state index contributed by atoms with van der Waals surface area (Å²) >= 11 is 0. The molecule has 2 aromatic rings. The number of likely N-dealkylation sites (tertiary alicyclic amines) is 1. The Labute approximate surface area is 207 Å². The molecule has 0 aromatic heterocycles. The number of alkyl halides is 3. The quantitative estimate of drug-likeness (QED) is 0.609. The number of amides is 2. The van der Waals surface area contributed by atoms with Crippen LogP contribution >= 0.6 is 0 Å². The van der Waals surface area contributed by atoms with Crippen molar-refractivity contribution in [3.05, 3.63) is 70.5 Å². The zero-order valence-corrected chi connectivity index (χ0v) is 20.5. The molecule has 0 unspecified atom stereocenters.